The van der Waals surface area contributed by atoms with Gasteiger partial charge >= 0.3 is 5.97 Å². The van der Waals surface area contributed by atoms with Crippen LogP contribution in [0.25, 0.3) is 10.9 Å². The molecule has 1 fully saturated rings. The van der Waals surface area contributed by atoms with Crippen LogP contribution < -0.4 is 20.8 Å². The number of likely N-dealkylation sites (N-methyl/N-ethyl adjacent to an activating group) is 1. The summed E-state index contributed by atoms with van der Waals surface area (Å²) in [5.41, 5.74) is 6.24. The first-order valence-corrected chi connectivity index (χ1v) is 10.3. The van der Waals surface area contributed by atoms with Gasteiger partial charge in [0.2, 0.25) is 5.43 Å². The summed E-state index contributed by atoms with van der Waals surface area (Å²) in [6.45, 7) is 6.82. The molecule has 8 nitrogen and oxygen atoms in total. The molecule has 1 atom stereocenters. The van der Waals surface area contributed by atoms with Crippen molar-refractivity contribution in [2.45, 2.75) is 26.3 Å². The first kappa shape index (κ1) is 20.5. The Balaban J connectivity index is 1.98. The van der Waals surface area contributed by atoms with Gasteiger partial charge in [-0.1, -0.05) is 6.92 Å². The molecule has 0 radical (unpaired) electrons. The molecule has 0 saturated carbocycles. The van der Waals surface area contributed by atoms with Gasteiger partial charge in [0.05, 0.1) is 23.7 Å². The second-order valence-corrected chi connectivity index (χ2v) is 7.99. The van der Waals surface area contributed by atoms with Crippen molar-refractivity contribution in [3.05, 3.63) is 27.8 Å². The Kier molecular flexibility index (Phi) is 5.31. The fraction of sp³-hybridized carbons (Fsp3) is 0.524. The van der Waals surface area contributed by atoms with Gasteiger partial charge in [0.1, 0.15) is 23.4 Å². The molecule has 4 rings (SSSR count). The Hall–Kier alpha value is -2.81. The largest absolute Gasteiger partial charge is 0.486 e. The summed E-state index contributed by atoms with van der Waals surface area (Å²) < 4.78 is 28.2. The van der Waals surface area contributed by atoms with E-state index < -0.39 is 17.2 Å². The molecular weight excluding hydrogens is 391 g/mol. The molecule has 2 N–H and O–H groups in total. The van der Waals surface area contributed by atoms with Crippen molar-refractivity contribution < 1.29 is 18.7 Å². The third kappa shape index (κ3) is 3.17. The minimum Gasteiger partial charge on any atom is -0.486 e. The lowest BCUT2D eigenvalue weighted by atomic mass is 10.0. The van der Waals surface area contributed by atoms with Crippen molar-refractivity contribution in [1.29, 1.82) is 0 Å². The van der Waals surface area contributed by atoms with Crippen LogP contribution in [0.1, 0.15) is 36.7 Å². The van der Waals surface area contributed by atoms with E-state index in [1.54, 1.807) is 4.57 Å². The second-order valence-electron chi connectivity index (χ2n) is 7.99. The molecule has 2 aliphatic rings. The molecule has 2 aliphatic heterocycles. The number of halogens is 1. The highest BCUT2D eigenvalue weighted by Crippen LogP contribution is 2.43. The molecule has 1 saturated heterocycles. The molecule has 2 aromatic rings. The zero-order chi connectivity index (χ0) is 21.6. The molecule has 30 heavy (non-hydrogen) atoms. The van der Waals surface area contributed by atoms with Gasteiger partial charge in [-0.15, -0.1) is 0 Å². The number of ether oxygens (including phenoxy) is 2. The molecule has 0 aliphatic carbocycles. The number of carbonyl (C=O) groups excluding carboxylic acids is 1. The SMILES string of the molecule is CCCOC(=O)c1cn2c3c(c(F)c(N4CCN(C)CC4)c(N)c3c1=O)OC[C@@H]2C. The Morgan fingerprint density at radius 3 is 2.70 bits per heavy atom. The van der Waals surface area contributed by atoms with Gasteiger partial charge in [-0.05, 0) is 20.4 Å². The van der Waals surface area contributed by atoms with E-state index in [4.69, 9.17) is 15.2 Å². The third-order valence-corrected chi connectivity index (χ3v) is 5.80. The lowest BCUT2D eigenvalue weighted by Crippen LogP contribution is -2.45. The van der Waals surface area contributed by atoms with Crippen LogP contribution in [-0.2, 0) is 4.74 Å². The Bertz CT molecular complexity index is 1060. The molecule has 162 valence electrons. The van der Waals surface area contributed by atoms with Gasteiger partial charge < -0.3 is 29.6 Å². The molecule has 1 aromatic heterocycles. The molecule has 9 heteroatoms. The van der Waals surface area contributed by atoms with E-state index in [9.17, 15) is 9.59 Å². The number of nitrogens with two attached hydrogens (primary N) is 1. The first-order chi connectivity index (χ1) is 14.3. The molecule has 0 bridgehead atoms. The predicted molar refractivity (Wildman–Crippen MR) is 113 cm³/mol. The van der Waals surface area contributed by atoms with E-state index in [2.05, 4.69) is 4.90 Å². The maximum Gasteiger partial charge on any atom is 0.343 e. The predicted octanol–water partition coefficient (Wildman–Crippen LogP) is 1.99. The van der Waals surface area contributed by atoms with E-state index >= 15 is 4.39 Å². The van der Waals surface area contributed by atoms with Crippen LogP contribution in [0.15, 0.2) is 11.0 Å². The quantitative estimate of drug-likeness (QED) is 0.600. The number of hydrogen-bond acceptors (Lipinski definition) is 7. The zero-order valence-corrected chi connectivity index (χ0v) is 17.5. The fourth-order valence-electron chi connectivity index (χ4n) is 4.08. The molecular formula is C21H27FN4O4. The number of hydrogen-bond donors (Lipinski definition) is 1. The zero-order valence-electron chi connectivity index (χ0n) is 17.5. The molecule has 0 unspecified atom stereocenters. The van der Waals surface area contributed by atoms with Crippen molar-refractivity contribution in [3.63, 3.8) is 0 Å². The summed E-state index contributed by atoms with van der Waals surface area (Å²) in [7, 11) is 2.00. The number of carbonyl (C=O) groups is 1. The summed E-state index contributed by atoms with van der Waals surface area (Å²) in [6.07, 6.45) is 2.08. The number of benzene rings is 1. The van der Waals surface area contributed by atoms with E-state index in [-0.39, 0.29) is 47.3 Å². The minimum atomic E-state index is -0.697. The average Bonchev–Trinajstić information content (AvgIpc) is 2.72. The van der Waals surface area contributed by atoms with Crippen LogP contribution in [0, 0.1) is 5.82 Å². The number of aromatic nitrogens is 1. The Labute approximate surface area is 173 Å². The minimum absolute atomic E-state index is 0.0109. The number of anilines is 2. The maximum atomic E-state index is 15.6. The van der Waals surface area contributed by atoms with Crippen molar-refractivity contribution in [2.24, 2.45) is 0 Å². The number of esters is 1. The highest BCUT2D eigenvalue weighted by atomic mass is 19.1. The van der Waals surface area contributed by atoms with Gasteiger partial charge in [-0.25, -0.2) is 9.18 Å². The van der Waals surface area contributed by atoms with E-state index in [0.717, 1.165) is 13.1 Å². The Morgan fingerprint density at radius 2 is 2.03 bits per heavy atom. The summed E-state index contributed by atoms with van der Waals surface area (Å²) in [6, 6.07) is -0.202. The lowest BCUT2D eigenvalue weighted by molar-refractivity contribution is 0.0502. The molecule has 3 heterocycles. The van der Waals surface area contributed by atoms with Crippen LogP contribution >= 0.6 is 0 Å². The summed E-state index contributed by atoms with van der Waals surface area (Å²) in [4.78, 5) is 29.8. The lowest BCUT2D eigenvalue weighted by Gasteiger charge is -2.36. The highest BCUT2D eigenvalue weighted by Gasteiger charge is 2.33. The summed E-state index contributed by atoms with van der Waals surface area (Å²) in [5.74, 6) is -1.25. The van der Waals surface area contributed by atoms with Gasteiger partial charge in [-0.3, -0.25) is 4.79 Å². The van der Waals surface area contributed by atoms with E-state index in [1.165, 1.54) is 6.20 Å². The molecule has 1 aromatic carbocycles. The van der Waals surface area contributed by atoms with Gasteiger partial charge in [0, 0.05) is 32.4 Å². The van der Waals surface area contributed by atoms with Crippen molar-refractivity contribution >= 4 is 28.2 Å². The van der Waals surface area contributed by atoms with Crippen LogP contribution in [0.4, 0.5) is 15.8 Å². The van der Waals surface area contributed by atoms with E-state index in [1.807, 2.05) is 25.8 Å². The van der Waals surface area contributed by atoms with Crippen molar-refractivity contribution in [1.82, 2.24) is 9.47 Å². The number of nitrogen functional groups attached to an aromatic ring is 1. The smallest absolute Gasteiger partial charge is 0.343 e. The first-order valence-electron chi connectivity index (χ1n) is 10.3. The molecule has 0 amide bonds. The second kappa shape index (κ2) is 7.79. The maximum absolute atomic E-state index is 15.6. The highest BCUT2D eigenvalue weighted by molar-refractivity contribution is 6.05. The Morgan fingerprint density at radius 1 is 1.33 bits per heavy atom. The van der Waals surface area contributed by atoms with Crippen LogP contribution in [0.5, 0.6) is 5.75 Å². The van der Waals surface area contributed by atoms with Crippen LogP contribution in [0.3, 0.4) is 0 Å². The van der Waals surface area contributed by atoms with Crippen LogP contribution in [-0.4, -0.2) is 61.9 Å². The van der Waals surface area contributed by atoms with Gasteiger partial charge in [-0.2, -0.15) is 0 Å². The van der Waals surface area contributed by atoms with Gasteiger partial charge in [0.15, 0.2) is 11.6 Å². The standard InChI is InChI=1S/C21H27FN4O4/c1-4-9-29-21(28)13-10-26-12(2)11-30-20-15(22)18(25-7-5-24(3)6-8-25)16(23)14(17(20)26)19(13)27/h10,12H,4-9,11,23H2,1-3H3/t12-/m0/s1. The summed E-state index contributed by atoms with van der Waals surface area (Å²) in [5, 5.41) is 0.109. The summed E-state index contributed by atoms with van der Waals surface area (Å²) >= 11 is 0. The van der Waals surface area contributed by atoms with Gasteiger partial charge in [0.25, 0.3) is 0 Å². The topological polar surface area (TPSA) is 90.0 Å². The number of rotatable bonds is 4. The normalized spacial score (nSPS) is 19.1. The average molecular weight is 418 g/mol. The number of pyridine rings is 1. The van der Waals surface area contributed by atoms with Crippen LogP contribution in [0.2, 0.25) is 0 Å². The molecule has 0 spiro atoms. The monoisotopic (exact) mass is 418 g/mol. The van der Waals surface area contributed by atoms with Crippen molar-refractivity contribution in [2.75, 3.05) is 57.1 Å². The van der Waals surface area contributed by atoms with Crippen molar-refractivity contribution in [3.8, 4) is 5.75 Å². The third-order valence-electron chi connectivity index (χ3n) is 5.80. The van der Waals surface area contributed by atoms with E-state index in [0.29, 0.717) is 25.0 Å². The number of piperazine rings is 1. The fourth-order valence-corrected chi connectivity index (χ4v) is 4.08. The number of nitrogens with zero attached hydrogens (tertiary/aromatic N) is 3.